The van der Waals surface area contributed by atoms with Gasteiger partial charge < -0.3 is 63.1 Å². The van der Waals surface area contributed by atoms with Crippen molar-refractivity contribution in [2.24, 2.45) is 35.5 Å². The van der Waals surface area contributed by atoms with Crippen molar-refractivity contribution in [3.05, 3.63) is 77.4 Å². The number of rotatable bonds is 11. The van der Waals surface area contributed by atoms with Gasteiger partial charge in [0.1, 0.15) is 36.2 Å². The lowest BCUT2D eigenvalue weighted by atomic mass is 9.78. The van der Waals surface area contributed by atoms with Crippen molar-refractivity contribution >= 4 is 56.2 Å². The van der Waals surface area contributed by atoms with Crippen molar-refractivity contribution < 1.29 is 96.1 Å². The fraction of sp³-hybridized carbons (Fsp3) is 0.661. The average Bonchev–Trinajstić information content (AvgIpc) is 3.53. The van der Waals surface area contributed by atoms with E-state index in [0.717, 1.165) is 22.6 Å². The van der Waals surface area contributed by atoms with Crippen molar-refractivity contribution in [2.45, 2.75) is 185 Å². The number of piperidine rings is 1. The number of fused-ring (bicyclic) bond motifs is 3. The Morgan fingerprint density at radius 3 is 2.12 bits per heavy atom. The first-order chi connectivity index (χ1) is 38.9. The van der Waals surface area contributed by atoms with Crippen LogP contribution in [-0.4, -0.2) is 152 Å². The van der Waals surface area contributed by atoms with E-state index in [1.54, 1.807) is 40.9 Å². The minimum atomic E-state index is -5.27. The number of carbonyl (C=O) groups is 6. The van der Waals surface area contributed by atoms with Gasteiger partial charge in [-0.3, -0.25) is 33.6 Å². The first-order valence-electron chi connectivity index (χ1n) is 28.6. The van der Waals surface area contributed by atoms with Gasteiger partial charge in [-0.15, -0.1) is 0 Å². The number of hydrogen-bond donors (Lipinski definition) is 7. The highest BCUT2D eigenvalue weighted by atomic mass is 31.2. The van der Waals surface area contributed by atoms with E-state index in [1.807, 2.05) is 51.2 Å². The lowest BCUT2D eigenvalue weighted by molar-refractivity contribution is -0.265. The number of cyclic esters (lactones) is 1. The molecular formula is C59H88N2O20P2. The Kier molecular flexibility index (Phi) is 25.6. The number of anilines is 1. The molecular weight excluding hydrogens is 1120 g/mol. The lowest BCUT2D eigenvalue weighted by Gasteiger charge is -2.42. The van der Waals surface area contributed by atoms with Gasteiger partial charge in [0.25, 0.3) is 11.7 Å². The summed E-state index contributed by atoms with van der Waals surface area (Å²) in [6, 6.07) is 3.33. The van der Waals surface area contributed by atoms with Crippen LogP contribution in [0.1, 0.15) is 136 Å². The minimum Gasteiger partial charge on any atom is -0.460 e. The Morgan fingerprint density at radius 1 is 0.819 bits per heavy atom. The molecule has 3 fully saturated rings. The largest absolute Gasteiger partial charge is 0.460 e. The van der Waals surface area contributed by atoms with Gasteiger partial charge in [-0.2, -0.15) is 0 Å². The van der Waals surface area contributed by atoms with Crippen molar-refractivity contribution in [3.63, 3.8) is 0 Å². The monoisotopic (exact) mass is 1210 g/mol. The molecule has 22 nitrogen and oxygen atoms in total. The number of ketones is 3. The number of hydrogen-bond acceptors (Lipinski definition) is 16. The van der Waals surface area contributed by atoms with Gasteiger partial charge in [0.15, 0.2) is 11.2 Å². The van der Waals surface area contributed by atoms with Crippen molar-refractivity contribution in [1.29, 1.82) is 0 Å². The van der Waals surface area contributed by atoms with E-state index >= 15 is 0 Å². The number of ether oxygens (including phenoxy) is 6. The number of aliphatic hydroxyl groups excluding tert-OH is 1. The number of esters is 1. The van der Waals surface area contributed by atoms with Crippen molar-refractivity contribution in [2.75, 3.05) is 33.2 Å². The second kappa shape index (κ2) is 30.7. The van der Waals surface area contributed by atoms with Crippen LogP contribution in [0, 0.1) is 35.5 Å². The van der Waals surface area contributed by atoms with Crippen LogP contribution in [0.15, 0.2) is 71.9 Å². The summed E-state index contributed by atoms with van der Waals surface area (Å²) in [5.41, 5.74) is 0.931. The molecule has 0 spiro atoms. The van der Waals surface area contributed by atoms with Crippen LogP contribution in [0.3, 0.4) is 0 Å². The molecule has 83 heavy (non-hydrogen) atoms. The summed E-state index contributed by atoms with van der Waals surface area (Å²) in [5, 5.41) is 23.7. The highest BCUT2D eigenvalue weighted by Crippen LogP contribution is 2.69. The predicted molar refractivity (Wildman–Crippen MR) is 306 cm³/mol. The zero-order valence-corrected chi connectivity index (χ0v) is 51.2. The molecule has 7 N–H and O–H groups in total. The quantitative estimate of drug-likeness (QED) is 0.0481. The summed E-state index contributed by atoms with van der Waals surface area (Å²) in [6.07, 6.45) is 7.82. The zero-order valence-electron chi connectivity index (χ0n) is 49.4. The number of amides is 2. The molecule has 1 aliphatic carbocycles. The molecule has 2 amide bonds. The molecule has 0 radical (unpaired) electrons. The smallest absolute Gasteiger partial charge is 0.411 e. The summed E-state index contributed by atoms with van der Waals surface area (Å²) in [5.74, 6) is -9.11. The number of nitrogens with one attached hydrogen (secondary N) is 1. The Morgan fingerprint density at radius 2 is 1.49 bits per heavy atom. The summed E-state index contributed by atoms with van der Waals surface area (Å²) in [7, 11) is -6.20. The number of Topliss-reactive ketones (excluding diaryl/α,β-unsaturated/α-hetero) is 3. The third kappa shape index (κ3) is 18.7. The van der Waals surface area contributed by atoms with E-state index in [1.165, 1.54) is 26.4 Å². The fourth-order valence-corrected chi connectivity index (χ4v) is 14.5. The van der Waals surface area contributed by atoms with E-state index < -0.39 is 123 Å². The van der Waals surface area contributed by atoms with Crippen LogP contribution < -0.4 is 5.32 Å². The van der Waals surface area contributed by atoms with Crippen LogP contribution in [-0.2, 0) is 61.5 Å². The molecule has 2 bridgehead atoms. The molecule has 3 aliphatic heterocycles. The third-order valence-corrected chi connectivity index (χ3v) is 20.5. The van der Waals surface area contributed by atoms with Crippen LogP contribution in [0.25, 0.3) is 0 Å². The highest BCUT2D eigenvalue weighted by molar-refractivity contribution is 7.70. The van der Waals surface area contributed by atoms with Crippen LogP contribution in [0.4, 0.5) is 10.5 Å². The molecule has 2 saturated heterocycles. The molecule has 1 saturated carbocycles. The molecule has 24 heteroatoms. The number of methoxy groups -OCH3 is 3. The third-order valence-electron chi connectivity index (χ3n) is 16.8. The molecule has 0 aromatic heterocycles. The van der Waals surface area contributed by atoms with Crippen LogP contribution in [0.5, 0.6) is 0 Å². The SMILES string of the molecule is CO[C@H]1C[C@@H]2CC[C@@H](C)[C@@](O)(O2)C(=O)C(=O)N2CCCC[C@H]2C(=O)O[C@H]([C@H](C)C[C@H]2CC[C@@H](OC(=O)Nc3ccc(C(P(=O)(O)O)P(=O)(O)O)cc3)[C@H](OC)C2)CC(=O)[C@H](C)/C=C(\C)[C@@H](O)[C@@H](OC)C(=O)[C@H](C)C[C@H](C)\C=C/C=C/C=C/1C. The second-order valence-electron chi connectivity index (χ2n) is 23.3. The number of nitrogens with zero attached hydrogens (tertiary/aromatic N) is 1. The van der Waals surface area contributed by atoms with Gasteiger partial charge in [0.05, 0.1) is 18.3 Å². The van der Waals surface area contributed by atoms with E-state index in [4.69, 9.17) is 28.4 Å². The van der Waals surface area contributed by atoms with Crippen molar-refractivity contribution in [3.8, 4) is 0 Å². The molecule has 4 aliphatic rings. The number of aliphatic hydroxyl groups is 2. The summed E-state index contributed by atoms with van der Waals surface area (Å²) >= 11 is 0. The highest BCUT2D eigenvalue weighted by Gasteiger charge is 2.53. The topological polar surface area (TPSA) is 329 Å². The molecule has 1 aromatic rings. The first kappa shape index (κ1) is 69.2. The molecule has 1 aromatic carbocycles. The van der Waals surface area contributed by atoms with E-state index in [-0.39, 0.29) is 60.5 Å². The minimum absolute atomic E-state index is 0.00906. The standard InChI is InChI=1S/C59H88N2O20P2/c1-34-16-12-11-13-17-35(2)48(76-8)32-44-25-19-40(7)59(69,81-44)54(65)55(66)61-27-15-14-18-45(61)56(67)79-49(33-46(62)36(3)29-39(6)52(64)53(78-10)51(63)38(5)28-34)37(4)30-41-20-26-47(50(31-41)77-9)80-58(68)60-43-23-21-42(22-24-43)57(82(70,71)72)83(73,74)75/h11-13,16-17,21-24,29,34,36-38,40-41,44-45,47-50,52-53,57,64,69H,14-15,18-20,25-28,30-33H2,1-10H3,(H,60,68)(H2,70,71,72)(H2,73,74,75)/b13-11+,16-12-,35-17+,39-29+/t34-,36-,37-,38-,40-,41-,44+,45+,47-,48+,49+,50-,52-,53+,59-/m1/s1. The number of allylic oxidation sites excluding steroid dienone is 6. The summed E-state index contributed by atoms with van der Waals surface area (Å²) in [6.45, 7) is 12.3. The molecule has 464 valence electrons. The first-order valence-corrected chi connectivity index (χ1v) is 32.0. The number of carbonyl (C=O) groups excluding carboxylic acids is 6. The maximum absolute atomic E-state index is 14.6. The molecule has 0 unspecified atom stereocenters. The Hall–Kier alpha value is -4.54. The second-order valence-corrected chi connectivity index (χ2v) is 27.1. The van der Waals surface area contributed by atoms with Gasteiger partial charge in [-0.1, -0.05) is 83.2 Å². The fourth-order valence-electron chi connectivity index (χ4n) is 11.8. The normalized spacial score (nSPS) is 34.5. The van der Waals surface area contributed by atoms with Crippen molar-refractivity contribution in [1.82, 2.24) is 4.90 Å². The zero-order chi connectivity index (χ0) is 61.7. The Labute approximate surface area is 487 Å². The van der Waals surface area contributed by atoms with Gasteiger partial charge in [-0.25, -0.2) is 9.59 Å². The van der Waals surface area contributed by atoms with Gasteiger partial charge >= 0.3 is 27.3 Å². The Balaban J connectivity index is 1.40. The lowest BCUT2D eigenvalue weighted by Crippen LogP contribution is -2.61. The number of benzene rings is 1. The van der Waals surface area contributed by atoms with Crippen LogP contribution >= 0.6 is 15.2 Å². The maximum Gasteiger partial charge on any atom is 0.411 e. The summed E-state index contributed by atoms with van der Waals surface area (Å²) < 4.78 is 59.3. The van der Waals surface area contributed by atoms with E-state index in [0.29, 0.717) is 63.4 Å². The maximum atomic E-state index is 14.6. The van der Waals surface area contributed by atoms with Gasteiger partial charge in [-0.05, 0) is 125 Å². The molecule has 3 heterocycles. The molecule has 15 atom stereocenters. The van der Waals surface area contributed by atoms with Gasteiger partial charge in [0, 0.05) is 64.2 Å². The molecule has 5 rings (SSSR count). The van der Waals surface area contributed by atoms with Gasteiger partial charge in [0.2, 0.25) is 5.79 Å². The summed E-state index contributed by atoms with van der Waals surface area (Å²) in [4.78, 5) is 124. The van der Waals surface area contributed by atoms with Crippen LogP contribution in [0.2, 0.25) is 0 Å². The van der Waals surface area contributed by atoms with E-state index in [2.05, 4.69) is 5.32 Å². The predicted octanol–water partition coefficient (Wildman–Crippen LogP) is 7.79. The Bertz CT molecular complexity index is 2630. The van der Waals surface area contributed by atoms with E-state index in [9.17, 15) is 67.7 Å². The average molecular weight is 1210 g/mol.